The standard InChI is InChI=1S/C39H45N3O4/c1-28-36(26-42-22-7-3-2-4-8-23-42)45-39(46-37(28)31-15-13-29(27-43)14-16-31)32-19-17-30(18-20-32)35-12-6-5-10-33(35)25-41-38(44)34-11-9-21-40-24-34/h5-6,9-21,24,28,36-37,39,43H,2-4,7-8,22-23,25-27H2,1H3,(H,41,44)/t28-,36+,37+,39+/m1/s1. The van der Waals surface area contributed by atoms with Crippen LogP contribution in [-0.4, -0.2) is 46.6 Å². The van der Waals surface area contributed by atoms with Crippen LogP contribution in [0.4, 0.5) is 0 Å². The molecule has 2 N–H and O–H groups in total. The van der Waals surface area contributed by atoms with Crippen molar-refractivity contribution in [2.24, 2.45) is 5.92 Å². The van der Waals surface area contributed by atoms with E-state index in [1.165, 1.54) is 32.1 Å². The highest BCUT2D eigenvalue weighted by Gasteiger charge is 2.39. The number of aliphatic hydroxyl groups excluding tert-OH is 1. The first-order valence-electron chi connectivity index (χ1n) is 16.7. The molecule has 0 spiro atoms. The van der Waals surface area contributed by atoms with Crippen LogP contribution in [0.25, 0.3) is 11.1 Å². The van der Waals surface area contributed by atoms with Gasteiger partial charge in [0.15, 0.2) is 6.29 Å². The molecule has 7 nitrogen and oxygen atoms in total. The molecule has 0 aliphatic carbocycles. The Bertz CT molecular complexity index is 1540. The van der Waals surface area contributed by atoms with Gasteiger partial charge in [0, 0.05) is 37.0 Å². The topological polar surface area (TPSA) is 83.9 Å². The molecule has 2 saturated heterocycles. The van der Waals surface area contributed by atoms with Gasteiger partial charge in [-0.15, -0.1) is 0 Å². The number of aliphatic hydroxyl groups is 1. The van der Waals surface area contributed by atoms with Crippen LogP contribution >= 0.6 is 0 Å². The number of ether oxygens (including phenoxy) is 2. The number of hydrogen-bond acceptors (Lipinski definition) is 6. The lowest BCUT2D eigenvalue weighted by Crippen LogP contribution is -2.45. The van der Waals surface area contributed by atoms with Gasteiger partial charge in [-0.05, 0) is 65.9 Å². The summed E-state index contributed by atoms with van der Waals surface area (Å²) in [4.78, 5) is 19.3. The highest BCUT2D eigenvalue weighted by Crippen LogP contribution is 2.42. The summed E-state index contributed by atoms with van der Waals surface area (Å²) in [5.74, 6) is 0.0135. The van der Waals surface area contributed by atoms with Gasteiger partial charge in [0.1, 0.15) is 0 Å². The summed E-state index contributed by atoms with van der Waals surface area (Å²) in [6.07, 6.45) is 9.04. The van der Waals surface area contributed by atoms with E-state index in [0.29, 0.717) is 12.1 Å². The minimum absolute atomic E-state index is 0.0181. The first kappa shape index (κ1) is 32.1. The molecule has 0 saturated carbocycles. The summed E-state index contributed by atoms with van der Waals surface area (Å²) in [7, 11) is 0. The number of amides is 1. The minimum atomic E-state index is -0.499. The number of nitrogens with one attached hydrogen (secondary N) is 1. The van der Waals surface area contributed by atoms with Crippen LogP contribution in [0.5, 0.6) is 0 Å². The second kappa shape index (κ2) is 15.6. The molecule has 7 heteroatoms. The zero-order valence-corrected chi connectivity index (χ0v) is 26.7. The van der Waals surface area contributed by atoms with Crippen LogP contribution in [0.3, 0.4) is 0 Å². The third kappa shape index (κ3) is 7.91. The second-order valence-corrected chi connectivity index (χ2v) is 12.6. The first-order chi connectivity index (χ1) is 22.6. The summed E-state index contributed by atoms with van der Waals surface area (Å²) in [5, 5.41) is 12.6. The fourth-order valence-corrected chi connectivity index (χ4v) is 6.63. The molecule has 0 unspecified atom stereocenters. The molecule has 4 aromatic rings. The van der Waals surface area contributed by atoms with E-state index >= 15 is 0 Å². The van der Waals surface area contributed by atoms with Crippen LogP contribution in [0.1, 0.15) is 84.0 Å². The van der Waals surface area contributed by atoms with Crippen LogP contribution in [0.15, 0.2) is 97.3 Å². The second-order valence-electron chi connectivity index (χ2n) is 12.6. The molecule has 0 bridgehead atoms. The first-order valence-corrected chi connectivity index (χ1v) is 16.7. The molecular weight excluding hydrogens is 574 g/mol. The van der Waals surface area contributed by atoms with Gasteiger partial charge in [-0.25, -0.2) is 0 Å². The van der Waals surface area contributed by atoms with Crippen molar-refractivity contribution in [3.63, 3.8) is 0 Å². The number of aromatic nitrogens is 1. The van der Waals surface area contributed by atoms with Crippen molar-refractivity contribution in [1.82, 2.24) is 15.2 Å². The van der Waals surface area contributed by atoms with Crippen LogP contribution in [0, 0.1) is 5.92 Å². The summed E-state index contributed by atoms with van der Waals surface area (Å²) >= 11 is 0. The van der Waals surface area contributed by atoms with Crippen LogP contribution in [-0.2, 0) is 22.6 Å². The molecule has 2 aliphatic rings. The third-order valence-corrected chi connectivity index (χ3v) is 9.38. The summed E-state index contributed by atoms with van der Waals surface area (Å²) < 4.78 is 13.5. The zero-order valence-electron chi connectivity index (χ0n) is 26.7. The molecule has 1 amide bonds. The number of hydrogen-bond donors (Lipinski definition) is 2. The maximum atomic E-state index is 12.7. The Hall–Kier alpha value is -3.88. The van der Waals surface area contributed by atoms with Crippen molar-refractivity contribution in [1.29, 1.82) is 0 Å². The lowest BCUT2D eigenvalue weighted by molar-refractivity contribution is -0.276. The number of carbonyl (C=O) groups is 1. The summed E-state index contributed by atoms with van der Waals surface area (Å²) in [6, 6.07) is 28.2. The molecule has 6 rings (SSSR count). The number of pyridine rings is 1. The molecular formula is C39H45N3O4. The molecule has 2 aliphatic heterocycles. The average Bonchev–Trinajstić information content (AvgIpc) is 3.10. The minimum Gasteiger partial charge on any atom is -0.392 e. The lowest BCUT2D eigenvalue weighted by Gasteiger charge is -2.43. The van der Waals surface area contributed by atoms with Gasteiger partial charge in [0.2, 0.25) is 0 Å². The summed E-state index contributed by atoms with van der Waals surface area (Å²) in [6.45, 7) is 5.80. The van der Waals surface area contributed by atoms with Crippen molar-refractivity contribution in [2.75, 3.05) is 19.6 Å². The lowest BCUT2D eigenvalue weighted by atomic mass is 9.89. The number of rotatable bonds is 9. The SMILES string of the molecule is C[C@@H]1[C@H](CN2CCCCCCC2)O[C@H](c2ccc(-c3ccccc3CNC(=O)c3cccnc3)cc2)O[C@@H]1c1ccc(CO)cc1. The normalized spacial score (nSPS) is 22.5. The molecule has 3 heterocycles. The molecule has 4 atom stereocenters. The molecule has 240 valence electrons. The van der Waals surface area contributed by atoms with E-state index < -0.39 is 6.29 Å². The van der Waals surface area contributed by atoms with Gasteiger partial charge < -0.3 is 24.8 Å². The number of carbonyl (C=O) groups excluding carboxylic acids is 1. The largest absolute Gasteiger partial charge is 0.392 e. The molecule has 46 heavy (non-hydrogen) atoms. The Morgan fingerprint density at radius 1 is 0.870 bits per heavy atom. The van der Waals surface area contributed by atoms with Crippen molar-refractivity contribution < 1.29 is 19.4 Å². The Morgan fingerprint density at radius 2 is 1.59 bits per heavy atom. The van der Waals surface area contributed by atoms with Gasteiger partial charge in [-0.2, -0.15) is 0 Å². The van der Waals surface area contributed by atoms with Gasteiger partial charge >= 0.3 is 0 Å². The van der Waals surface area contributed by atoms with Gasteiger partial charge in [0.25, 0.3) is 5.91 Å². The molecule has 1 aromatic heterocycles. The predicted molar refractivity (Wildman–Crippen MR) is 180 cm³/mol. The molecule has 0 radical (unpaired) electrons. The predicted octanol–water partition coefficient (Wildman–Crippen LogP) is 7.23. The van der Waals surface area contributed by atoms with Crippen molar-refractivity contribution in [3.05, 3.63) is 125 Å². The maximum Gasteiger partial charge on any atom is 0.253 e. The van der Waals surface area contributed by atoms with Crippen LogP contribution in [0.2, 0.25) is 0 Å². The van der Waals surface area contributed by atoms with Crippen LogP contribution < -0.4 is 5.32 Å². The van der Waals surface area contributed by atoms with E-state index in [9.17, 15) is 9.90 Å². The van der Waals surface area contributed by atoms with E-state index in [-0.39, 0.29) is 30.6 Å². The van der Waals surface area contributed by atoms with E-state index in [1.807, 2.05) is 30.3 Å². The quantitative estimate of drug-likeness (QED) is 0.206. The van der Waals surface area contributed by atoms with Crippen molar-refractivity contribution in [2.45, 2.75) is 70.7 Å². The third-order valence-electron chi connectivity index (χ3n) is 9.38. The monoisotopic (exact) mass is 619 g/mol. The Balaban J connectivity index is 1.21. The Kier molecular flexibility index (Phi) is 10.9. The average molecular weight is 620 g/mol. The van der Waals surface area contributed by atoms with E-state index in [2.05, 4.69) is 64.6 Å². The Labute approximate surface area is 272 Å². The molecule has 2 fully saturated rings. The smallest absolute Gasteiger partial charge is 0.253 e. The van der Waals surface area contributed by atoms with Gasteiger partial charge in [0.05, 0.1) is 24.4 Å². The van der Waals surface area contributed by atoms with E-state index in [4.69, 9.17) is 9.47 Å². The molecule has 3 aromatic carbocycles. The fraction of sp³-hybridized carbons (Fsp3) is 0.385. The van der Waals surface area contributed by atoms with Crippen molar-refractivity contribution >= 4 is 5.91 Å². The maximum absolute atomic E-state index is 12.7. The van der Waals surface area contributed by atoms with E-state index in [1.54, 1.807) is 24.5 Å². The fourth-order valence-electron chi connectivity index (χ4n) is 6.63. The van der Waals surface area contributed by atoms with E-state index in [0.717, 1.165) is 53.0 Å². The highest BCUT2D eigenvalue weighted by molar-refractivity contribution is 5.93. The van der Waals surface area contributed by atoms with Gasteiger partial charge in [-0.1, -0.05) is 99.0 Å². The number of nitrogens with zero attached hydrogens (tertiary/aromatic N) is 2. The Morgan fingerprint density at radius 3 is 2.30 bits per heavy atom. The number of likely N-dealkylation sites (tertiary alicyclic amines) is 1. The summed E-state index contributed by atoms with van der Waals surface area (Å²) in [5.41, 5.74) is 6.68. The highest BCUT2D eigenvalue weighted by atomic mass is 16.7. The number of benzene rings is 3. The zero-order chi connectivity index (χ0) is 31.7. The van der Waals surface area contributed by atoms with Gasteiger partial charge in [-0.3, -0.25) is 9.78 Å². The van der Waals surface area contributed by atoms with Crippen molar-refractivity contribution in [3.8, 4) is 11.1 Å².